The molecule has 2 aromatic heterocycles. The van der Waals surface area contributed by atoms with Gasteiger partial charge in [-0.25, -0.2) is 9.97 Å². The molecule has 29 heavy (non-hydrogen) atoms. The largest absolute Gasteiger partial charge is 1.00 e. The molecular weight excluding hydrogens is 453 g/mol. The number of β-lactam (4-membered cyclic amide) rings is 1. The molecule has 0 aromatic carbocycles. The molecule has 0 aliphatic carbocycles. The second-order valence-corrected chi connectivity index (χ2v) is 8.21. The molecule has 4 rings (SSSR count). The monoisotopic (exact) mass is 463 g/mol. The Morgan fingerprint density at radius 2 is 2.24 bits per heavy atom. The second-order valence-electron chi connectivity index (χ2n) is 5.77. The van der Waals surface area contributed by atoms with Gasteiger partial charge in [0.1, 0.15) is 23.1 Å². The number of aliphatic carboxylic acids is 1. The third-order valence-electron chi connectivity index (χ3n) is 4.10. The standard InChI is InChI=1S/C14H12ClN7O4S2.Na/c15-1-6(23)18-7-11(24)22-8(13(25)26)5(3-27-12(7)22)28-14-19-9(16)4-2-17-21-10(4)20-14;/h2,7,12H,1,3H2,(H,18,23)(H,25,26)(H3,16,17,19,20,21);/q;+1/p-1/t7?,12-;/m1./s1. The van der Waals surface area contributed by atoms with E-state index in [4.69, 9.17) is 17.3 Å². The molecule has 146 valence electrons. The van der Waals surface area contributed by atoms with Gasteiger partial charge in [0.2, 0.25) is 5.91 Å². The zero-order valence-electron chi connectivity index (χ0n) is 14.8. The van der Waals surface area contributed by atoms with Crippen molar-refractivity contribution in [1.82, 2.24) is 30.4 Å². The summed E-state index contributed by atoms with van der Waals surface area (Å²) in [5, 5.41) is 21.0. The summed E-state index contributed by atoms with van der Waals surface area (Å²) >= 11 is 7.73. The van der Waals surface area contributed by atoms with E-state index in [1.165, 1.54) is 18.0 Å². The number of aromatic amines is 1. The van der Waals surface area contributed by atoms with Crippen molar-refractivity contribution in [3.63, 3.8) is 0 Å². The Morgan fingerprint density at radius 3 is 2.93 bits per heavy atom. The zero-order valence-corrected chi connectivity index (χ0v) is 19.2. The fraction of sp³-hybridized carbons (Fsp3) is 0.286. The van der Waals surface area contributed by atoms with E-state index in [0.29, 0.717) is 15.9 Å². The normalized spacial score (nSPS) is 20.7. The molecule has 15 heteroatoms. The van der Waals surface area contributed by atoms with Gasteiger partial charge in [0.05, 0.1) is 23.2 Å². The van der Waals surface area contributed by atoms with Gasteiger partial charge >= 0.3 is 29.6 Å². The molecule has 2 aliphatic heterocycles. The summed E-state index contributed by atoms with van der Waals surface area (Å²) in [5.41, 5.74) is 6.02. The quantitative estimate of drug-likeness (QED) is 0.170. The van der Waals surface area contributed by atoms with E-state index in [1.54, 1.807) is 0 Å². The molecular formula is C14H11ClN7NaO4S2. The summed E-state index contributed by atoms with van der Waals surface area (Å²) in [4.78, 5) is 45.5. The molecule has 0 saturated carbocycles. The van der Waals surface area contributed by atoms with Crippen molar-refractivity contribution in [3.05, 3.63) is 16.8 Å². The van der Waals surface area contributed by atoms with Crippen molar-refractivity contribution < 1.29 is 49.0 Å². The van der Waals surface area contributed by atoms with Gasteiger partial charge in [-0.15, -0.1) is 23.4 Å². The number of aromatic nitrogens is 4. The van der Waals surface area contributed by atoms with Crippen LogP contribution >= 0.6 is 35.1 Å². The maximum Gasteiger partial charge on any atom is 1.00 e. The summed E-state index contributed by atoms with van der Waals surface area (Å²) in [6.45, 7) is 0. The smallest absolute Gasteiger partial charge is 0.543 e. The van der Waals surface area contributed by atoms with Crippen LogP contribution in [0.15, 0.2) is 22.0 Å². The number of halogens is 1. The average molecular weight is 464 g/mol. The van der Waals surface area contributed by atoms with E-state index in [2.05, 4.69) is 25.5 Å². The number of carbonyl (C=O) groups is 3. The first kappa shape index (κ1) is 22.2. The van der Waals surface area contributed by atoms with Crippen molar-refractivity contribution in [2.75, 3.05) is 17.4 Å². The minimum atomic E-state index is -1.50. The first-order valence-corrected chi connectivity index (χ1v) is 10.2. The molecule has 1 saturated heterocycles. The Hall–Kier alpha value is -1.51. The Labute approximate surface area is 198 Å². The van der Waals surface area contributed by atoms with Crippen molar-refractivity contribution in [2.45, 2.75) is 16.6 Å². The molecule has 1 fully saturated rings. The van der Waals surface area contributed by atoms with Gasteiger partial charge < -0.3 is 21.0 Å². The summed E-state index contributed by atoms with van der Waals surface area (Å²) < 4.78 is 0. The van der Waals surface area contributed by atoms with Crippen molar-refractivity contribution in [2.24, 2.45) is 0 Å². The summed E-state index contributed by atoms with van der Waals surface area (Å²) in [6.07, 6.45) is 1.49. The molecule has 2 aliphatic rings. The van der Waals surface area contributed by atoms with Gasteiger partial charge in [-0.05, 0) is 0 Å². The minimum absolute atomic E-state index is 0. The fourth-order valence-corrected chi connectivity index (χ4v) is 5.35. The topological polar surface area (TPSA) is 170 Å². The van der Waals surface area contributed by atoms with Crippen LogP contribution in [0.2, 0.25) is 0 Å². The number of rotatable bonds is 5. The van der Waals surface area contributed by atoms with Gasteiger partial charge in [0.15, 0.2) is 10.8 Å². The number of anilines is 1. The number of alkyl halides is 1. The van der Waals surface area contributed by atoms with Crippen molar-refractivity contribution >= 4 is 69.8 Å². The maximum atomic E-state index is 12.4. The summed E-state index contributed by atoms with van der Waals surface area (Å²) in [7, 11) is 0. The number of H-pyrrole nitrogens is 1. The fourth-order valence-electron chi connectivity index (χ4n) is 2.86. The van der Waals surface area contributed by atoms with Crippen LogP contribution < -0.4 is 45.7 Å². The number of amides is 2. The first-order chi connectivity index (χ1) is 13.4. The Kier molecular flexibility index (Phi) is 6.65. The predicted molar refractivity (Wildman–Crippen MR) is 99.7 cm³/mol. The van der Waals surface area contributed by atoms with Crippen molar-refractivity contribution in [1.29, 1.82) is 0 Å². The van der Waals surface area contributed by atoms with Crippen LogP contribution in [0.1, 0.15) is 0 Å². The summed E-state index contributed by atoms with van der Waals surface area (Å²) in [6, 6.07) is -0.828. The SMILES string of the molecule is Nc1nc(SC2=C(C(=O)[O-])N3C(=O)C(NC(=O)CCl)[C@H]3SC2)nc2[nH]ncc12.[Na+]. The Morgan fingerprint density at radius 1 is 1.48 bits per heavy atom. The number of carbonyl (C=O) groups excluding carboxylic acids is 3. The van der Waals surface area contributed by atoms with E-state index in [0.717, 1.165) is 16.7 Å². The number of nitrogens with two attached hydrogens (primary N) is 1. The number of fused-ring (bicyclic) bond motifs is 2. The number of hydrogen-bond acceptors (Lipinski definition) is 10. The minimum Gasteiger partial charge on any atom is -0.543 e. The number of carboxylic acids is 1. The summed E-state index contributed by atoms with van der Waals surface area (Å²) in [5.74, 6) is -2.38. The number of carboxylic acid groups (broad SMARTS) is 1. The van der Waals surface area contributed by atoms with E-state index in [-0.39, 0.29) is 57.9 Å². The molecule has 2 aromatic rings. The van der Waals surface area contributed by atoms with Crippen LogP contribution in [-0.4, -0.2) is 65.9 Å². The number of thioether (sulfide) groups is 2. The molecule has 4 N–H and O–H groups in total. The predicted octanol–water partition coefficient (Wildman–Crippen LogP) is -4.37. The van der Waals surface area contributed by atoms with Gasteiger partial charge in [0.25, 0.3) is 5.91 Å². The van der Waals surface area contributed by atoms with Gasteiger partial charge in [-0.2, -0.15) is 5.10 Å². The third kappa shape index (κ3) is 3.94. The Balaban J connectivity index is 0.00000240. The zero-order chi connectivity index (χ0) is 20.0. The maximum absolute atomic E-state index is 12.4. The molecule has 4 heterocycles. The van der Waals surface area contributed by atoms with Gasteiger partial charge in [0, 0.05) is 10.7 Å². The molecule has 0 spiro atoms. The number of nitrogens with one attached hydrogen (secondary N) is 2. The number of nitrogens with zero attached hydrogens (tertiary/aromatic N) is 4. The van der Waals surface area contributed by atoms with E-state index in [9.17, 15) is 19.5 Å². The molecule has 1 unspecified atom stereocenters. The molecule has 2 amide bonds. The third-order valence-corrected chi connectivity index (χ3v) is 6.75. The molecule has 0 radical (unpaired) electrons. The van der Waals surface area contributed by atoms with Crippen LogP contribution in [0, 0.1) is 0 Å². The van der Waals surface area contributed by atoms with Crippen LogP contribution in [0.3, 0.4) is 0 Å². The van der Waals surface area contributed by atoms with Crippen LogP contribution in [0.4, 0.5) is 5.82 Å². The Bertz CT molecular complexity index is 1050. The second kappa shape index (κ2) is 8.70. The van der Waals surface area contributed by atoms with E-state index in [1.807, 2.05) is 0 Å². The van der Waals surface area contributed by atoms with E-state index < -0.39 is 29.2 Å². The first-order valence-electron chi connectivity index (χ1n) is 7.79. The molecule has 2 atom stereocenters. The van der Waals surface area contributed by atoms with Gasteiger partial charge in [-0.3, -0.25) is 19.6 Å². The van der Waals surface area contributed by atoms with Crippen LogP contribution in [0.5, 0.6) is 0 Å². The van der Waals surface area contributed by atoms with Crippen LogP contribution in [-0.2, 0) is 14.4 Å². The molecule has 0 bridgehead atoms. The number of hydrogen-bond donors (Lipinski definition) is 3. The van der Waals surface area contributed by atoms with E-state index >= 15 is 0 Å². The number of nitrogen functional groups attached to an aromatic ring is 1. The van der Waals surface area contributed by atoms with Crippen LogP contribution in [0.25, 0.3) is 11.0 Å². The van der Waals surface area contributed by atoms with Crippen molar-refractivity contribution in [3.8, 4) is 0 Å². The average Bonchev–Trinajstić information content (AvgIpc) is 3.14. The van der Waals surface area contributed by atoms with Gasteiger partial charge in [-0.1, -0.05) is 11.8 Å². The molecule has 11 nitrogen and oxygen atoms in total.